The number of rotatable bonds is 6. The van der Waals surface area contributed by atoms with Crippen LogP contribution in [0.2, 0.25) is 0 Å². The molecule has 0 saturated carbocycles. The Morgan fingerprint density at radius 2 is 1.44 bits per heavy atom. The van der Waals surface area contributed by atoms with Crippen LogP contribution in [-0.2, 0) is 9.59 Å². The molecular formula is C12H25O3P. The molecule has 0 aliphatic carbocycles. The molecule has 0 fully saturated rings. The first-order valence-corrected chi connectivity index (χ1v) is 7.79. The van der Waals surface area contributed by atoms with Gasteiger partial charge in [-0.25, -0.2) is 0 Å². The zero-order valence-corrected chi connectivity index (χ0v) is 12.0. The van der Waals surface area contributed by atoms with Gasteiger partial charge in [-0.15, -0.1) is 7.92 Å². The molecule has 1 unspecified atom stereocenters. The summed E-state index contributed by atoms with van der Waals surface area (Å²) in [6, 6.07) is 0. The fraction of sp³-hybridized carbons (Fsp3) is 0.833. The molecule has 0 radical (unpaired) electrons. The molecule has 0 bridgehead atoms. The SMILES string of the molecule is CCC(C(C)=O)C(=O)O.CCP(CC)CC. The van der Waals surface area contributed by atoms with Crippen LogP contribution in [0.25, 0.3) is 0 Å². The Morgan fingerprint density at radius 3 is 1.44 bits per heavy atom. The van der Waals surface area contributed by atoms with Gasteiger partial charge >= 0.3 is 5.97 Å². The molecule has 0 aromatic heterocycles. The summed E-state index contributed by atoms with van der Waals surface area (Å²) in [5.41, 5.74) is 0. The summed E-state index contributed by atoms with van der Waals surface area (Å²) in [5.74, 6) is -2.10. The van der Waals surface area contributed by atoms with Crippen molar-refractivity contribution in [3.05, 3.63) is 0 Å². The highest BCUT2D eigenvalue weighted by Gasteiger charge is 2.19. The van der Waals surface area contributed by atoms with Crippen molar-refractivity contribution in [2.24, 2.45) is 5.92 Å². The van der Waals surface area contributed by atoms with Crippen molar-refractivity contribution in [3.63, 3.8) is 0 Å². The Labute approximate surface area is 100 Å². The third-order valence-electron chi connectivity index (χ3n) is 2.54. The molecule has 4 heteroatoms. The Balaban J connectivity index is 0. The van der Waals surface area contributed by atoms with Crippen molar-refractivity contribution in [2.75, 3.05) is 18.5 Å². The summed E-state index contributed by atoms with van der Waals surface area (Å²) in [6.07, 6.45) is 4.64. The highest BCUT2D eigenvalue weighted by atomic mass is 31.1. The molecule has 0 aromatic carbocycles. The van der Waals surface area contributed by atoms with E-state index in [0.29, 0.717) is 14.3 Å². The van der Waals surface area contributed by atoms with Crippen molar-refractivity contribution >= 4 is 19.7 Å². The van der Waals surface area contributed by atoms with Gasteiger partial charge in [-0.05, 0) is 31.8 Å². The van der Waals surface area contributed by atoms with Gasteiger partial charge in [0.1, 0.15) is 11.7 Å². The summed E-state index contributed by atoms with van der Waals surface area (Å²) >= 11 is 0. The van der Waals surface area contributed by atoms with Crippen molar-refractivity contribution < 1.29 is 14.7 Å². The van der Waals surface area contributed by atoms with Crippen molar-refractivity contribution in [1.82, 2.24) is 0 Å². The standard InChI is InChI=1S/C6H10O3.C6H15P/c1-3-5(4(2)7)6(8)9;1-4-7(5-2)6-3/h5H,3H2,1-2H3,(H,8,9);4-6H2,1-3H3. The second kappa shape index (κ2) is 11.1. The molecule has 3 nitrogen and oxygen atoms in total. The quantitative estimate of drug-likeness (QED) is 0.580. The lowest BCUT2D eigenvalue weighted by Gasteiger charge is -2.07. The summed E-state index contributed by atoms with van der Waals surface area (Å²) in [6.45, 7) is 9.85. The summed E-state index contributed by atoms with van der Waals surface area (Å²) in [4.78, 5) is 20.6. The minimum Gasteiger partial charge on any atom is -0.481 e. The van der Waals surface area contributed by atoms with Gasteiger partial charge in [-0.2, -0.15) is 0 Å². The van der Waals surface area contributed by atoms with E-state index in [0.717, 1.165) is 0 Å². The van der Waals surface area contributed by atoms with Crippen molar-refractivity contribution in [3.8, 4) is 0 Å². The van der Waals surface area contributed by atoms with Gasteiger partial charge in [0.05, 0.1) is 0 Å². The van der Waals surface area contributed by atoms with Gasteiger partial charge in [0.25, 0.3) is 0 Å². The number of carboxylic acids is 1. The van der Waals surface area contributed by atoms with Gasteiger partial charge < -0.3 is 5.11 Å². The molecule has 16 heavy (non-hydrogen) atoms. The van der Waals surface area contributed by atoms with Crippen LogP contribution in [-0.4, -0.2) is 35.3 Å². The number of carboxylic acid groups (broad SMARTS) is 1. The molecule has 0 aliphatic heterocycles. The average molecular weight is 248 g/mol. The number of Topliss-reactive ketones (excluding diaryl/α,β-unsaturated/α-hetero) is 1. The number of ketones is 1. The first-order valence-electron chi connectivity index (χ1n) is 5.89. The molecule has 96 valence electrons. The van der Waals surface area contributed by atoms with Gasteiger partial charge in [0.2, 0.25) is 0 Å². The average Bonchev–Trinajstić information content (AvgIpc) is 2.21. The van der Waals surface area contributed by atoms with Crippen molar-refractivity contribution in [2.45, 2.75) is 41.0 Å². The predicted octanol–water partition coefficient (Wildman–Crippen LogP) is 3.21. The fourth-order valence-electron chi connectivity index (χ4n) is 1.31. The topological polar surface area (TPSA) is 54.4 Å². The van der Waals surface area contributed by atoms with E-state index < -0.39 is 11.9 Å². The van der Waals surface area contributed by atoms with Crippen molar-refractivity contribution in [1.29, 1.82) is 0 Å². The molecule has 0 saturated heterocycles. The number of carbonyl (C=O) groups is 2. The van der Waals surface area contributed by atoms with Gasteiger partial charge in [-0.3, -0.25) is 9.59 Å². The normalized spacial score (nSPS) is 11.6. The Bertz CT molecular complexity index is 181. The van der Waals surface area contributed by atoms with Crippen LogP contribution in [0.4, 0.5) is 0 Å². The first-order chi connectivity index (χ1) is 7.44. The highest BCUT2D eigenvalue weighted by Crippen LogP contribution is 2.32. The molecule has 0 heterocycles. The maximum Gasteiger partial charge on any atom is 0.314 e. The number of carbonyl (C=O) groups excluding carboxylic acids is 1. The minimum atomic E-state index is -1.02. The van der Waals surface area contributed by atoms with E-state index in [1.807, 2.05) is 0 Å². The molecule has 0 amide bonds. The number of aliphatic carboxylic acids is 1. The monoisotopic (exact) mass is 248 g/mol. The number of hydrogen-bond acceptors (Lipinski definition) is 2. The third kappa shape index (κ3) is 8.84. The third-order valence-corrected chi connectivity index (χ3v) is 5.22. The largest absolute Gasteiger partial charge is 0.481 e. The van der Waals surface area contributed by atoms with Gasteiger partial charge in [-0.1, -0.05) is 27.7 Å². The van der Waals surface area contributed by atoms with Crippen LogP contribution >= 0.6 is 7.92 Å². The Kier molecular flexibility index (Phi) is 12.4. The molecule has 0 aromatic rings. The molecule has 0 rings (SSSR count). The van der Waals surface area contributed by atoms with Crippen LogP contribution in [0.1, 0.15) is 41.0 Å². The predicted molar refractivity (Wildman–Crippen MR) is 70.6 cm³/mol. The summed E-state index contributed by atoms with van der Waals surface area (Å²) < 4.78 is 0. The minimum absolute atomic E-state index is 0.273. The second-order valence-electron chi connectivity index (χ2n) is 3.53. The van der Waals surface area contributed by atoms with Gasteiger partial charge in [0, 0.05) is 0 Å². The lowest BCUT2D eigenvalue weighted by atomic mass is 10.0. The van der Waals surface area contributed by atoms with Crippen LogP contribution in [0.3, 0.4) is 0 Å². The lowest BCUT2D eigenvalue weighted by molar-refractivity contribution is -0.145. The number of hydrogen-bond donors (Lipinski definition) is 1. The molecule has 1 N–H and O–H groups in total. The van der Waals surface area contributed by atoms with E-state index in [4.69, 9.17) is 5.11 Å². The van der Waals surface area contributed by atoms with E-state index in [1.54, 1.807) is 6.92 Å². The van der Waals surface area contributed by atoms with Crippen LogP contribution in [0.15, 0.2) is 0 Å². The van der Waals surface area contributed by atoms with E-state index in [9.17, 15) is 9.59 Å². The highest BCUT2D eigenvalue weighted by molar-refractivity contribution is 7.57. The van der Waals surface area contributed by atoms with E-state index >= 15 is 0 Å². The summed E-state index contributed by atoms with van der Waals surface area (Å²) in [7, 11) is 0.446. The lowest BCUT2D eigenvalue weighted by Crippen LogP contribution is -2.19. The van der Waals surface area contributed by atoms with E-state index in [2.05, 4.69) is 20.8 Å². The zero-order chi connectivity index (χ0) is 13.1. The maximum atomic E-state index is 10.4. The van der Waals surface area contributed by atoms with E-state index in [1.165, 1.54) is 25.4 Å². The molecule has 1 atom stereocenters. The van der Waals surface area contributed by atoms with Gasteiger partial charge in [0.15, 0.2) is 0 Å². The zero-order valence-electron chi connectivity index (χ0n) is 11.1. The van der Waals surface area contributed by atoms with Crippen LogP contribution in [0, 0.1) is 5.92 Å². The van der Waals surface area contributed by atoms with Crippen LogP contribution in [0.5, 0.6) is 0 Å². The van der Waals surface area contributed by atoms with Crippen LogP contribution < -0.4 is 0 Å². The first kappa shape index (κ1) is 17.9. The smallest absolute Gasteiger partial charge is 0.314 e. The van der Waals surface area contributed by atoms with E-state index in [-0.39, 0.29) is 5.78 Å². The maximum absolute atomic E-state index is 10.4. The fourth-order valence-corrected chi connectivity index (χ4v) is 2.65. The molecule has 0 aliphatic rings. The Hall–Kier alpha value is -0.430. The Morgan fingerprint density at radius 1 is 1.06 bits per heavy atom. The molecular weight excluding hydrogens is 223 g/mol. The second-order valence-corrected chi connectivity index (χ2v) is 6.77. The summed E-state index contributed by atoms with van der Waals surface area (Å²) in [5, 5.41) is 8.32. The molecule has 0 spiro atoms.